The van der Waals surface area contributed by atoms with Gasteiger partial charge in [-0.15, -0.1) is 0 Å². The van der Waals surface area contributed by atoms with E-state index in [0.29, 0.717) is 0 Å². The second kappa shape index (κ2) is 15.7. The van der Waals surface area contributed by atoms with E-state index in [1.54, 1.807) is 0 Å². The molecule has 0 saturated carbocycles. The standard InChI is InChI=1S/C67H46N6O/c74-67-72(47-39-43(68-57-27-9-1-19-49(57)50-20-2-10-28-58(50)68)37-44(40-47)69-59-29-11-3-21-51(59)52-22-4-12-30-60(52)69)65-35-17-18-36-66(65)73(67)48-41-45(70-61-31-13-5-23-53(61)54-24-6-14-32-62(54)70)38-46(42-48)71-63-33-15-7-25-55(63)56-26-8-16-34-64(56)71/h1-15,17-33,35-42,53,61H,16,34H2. The minimum absolute atomic E-state index is 0.0691. The monoisotopic (exact) mass is 950 g/mol. The number of fused-ring (bicyclic) bond motifs is 13. The van der Waals surface area contributed by atoms with Gasteiger partial charge < -0.3 is 18.6 Å². The van der Waals surface area contributed by atoms with Crippen LogP contribution in [-0.2, 0) is 6.42 Å². The van der Waals surface area contributed by atoms with Gasteiger partial charge in [0, 0.05) is 55.5 Å². The van der Waals surface area contributed by atoms with Crippen molar-refractivity contribution in [1.82, 2.24) is 22.8 Å². The summed E-state index contributed by atoms with van der Waals surface area (Å²) in [6, 6.07) is 73.9. The summed E-state index contributed by atoms with van der Waals surface area (Å²) >= 11 is 0. The van der Waals surface area contributed by atoms with Crippen LogP contribution in [-0.4, -0.2) is 28.9 Å². The molecule has 0 spiro atoms. The molecule has 0 fully saturated rings. The number of hydrogen-bond acceptors (Lipinski definition) is 2. The SMILES string of the molecule is O=c1n(-c2cc(N3c4ccccc4C4C=CC=CC43)cc(-n3c4c(c5ccccc53)C=CCC4)c2)c2ccccc2n1-c1cc(-n2c3ccccc3c3ccccc32)cc(-n2c3ccccc3c3ccccc32)c1. The molecule has 7 nitrogen and oxygen atoms in total. The Hall–Kier alpha value is -9.59. The van der Waals surface area contributed by atoms with Crippen molar-refractivity contribution in [3.63, 3.8) is 0 Å². The molecule has 2 atom stereocenters. The minimum atomic E-state index is -0.149. The molecule has 1 aliphatic heterocycles. The molecule has 0 amide bonds. The van der Waals surface area contributed by atoms with Gasteiger partial charge in [0.25, 0.3) is 0 Å². The predicted octanol–water partition coefficient (Wildman–Crippen LogP) is 15.6. The van der Waals surface area contributed by atoms with Crippen LogP contribution < -0.4 is 10.6 Å². The average molecular weight is 951 g/mol. The molecule has 3 aliphatic rings. The van der Waals surface area contributed by atoms with Crippen LogP contribution in [0.2, 0.25) is 0 Å². The van der Waals surface area contributed by atoms with E-state index in [9.17, 15) is 0 Å². The summed E-state index contributed by atoms with van der Waals surface area (Å²) in [4.78, 5) is 18.8. The maximum absolute atomic E-state index is 16.3. The summed E-state index contributed by atoms with van der Waals surface area (Å²) in [5, 5.41) is 5.94. The Kier molecular flexibility index (Phi) is 8.72. The second-order valence-corrected chi connectivity index (χ2v) is 20.0. The number of rotatable bonds is 6. The fourth-order valence-corrected chi connectivity index (χ4v) is 13.0. The first-order valence-corrected chi connectivity index (χ1v) is 25.7. The summed E-state index contributed by atoms with van der Waals surface area (Å²) in [6.45, 7) is 0. The van der Waals surface area contributed by atoms with Crippen LogP contribution in [0.5, 0.6) is 0 Å². The molecule has 9 aromatic carbocycles. The van der Waals surface area contributed by atoms with Gasteiger partial charge in [0.2, 0.25) is 0 Å². The predicted molar refractivity (Wildman–Crippen MR) is 305 cm³/mol. The van der Waals surface area contributed by atoms with E-state index < -0.39 is 0 Å². The largest absolute Gasteiger partial charge is 0.338 e. The number of hydrogen-bond donors (Lipinski definition) is 0. The van der Waals surface area contributed by atoms with Crippen molar-refractivity contribution in [2.24, 2.45) is 0 Å². The van der Waals surface area contributed by atoms with Crippen LogP contribution in [0.1, 0.15) is 29.2 Å². The minimum Gasteiger partial charge on any atom is -0.333 e. The molecule has 5 heterocycles. The lowest BCUT2D eigenvalue weighted by Crippen LogP contribution is -2.29. The Morgan fingerprint density at radius 2 is 0.784 bits per heavy atom. The van der Waals surface area contributed by atoms with Crippen molar-refractivity contribution in [3.05, 3.63) is 264 Å². The zero-order valence-corrected chi connectivity index (χ0v) is 40.3. The third kappa shape index (κ3) is 5.80. The van der Waals surface area contributed by atoms with Crippen molar-refractivity contribution < 1.29 is 0 Å². The van der Waals surface area contributed by atoms with Gasteiger partial charge in [-0.05, 0) is 103 Å². The first kappa shape index (κ1) is 41.1. The smallest absolute Gasteiger partial charge is 0.333 e. The van der Waals surface area contributed by atoms with Crippen molar-refractivity contribution in [2.45, 2.75) is 24.8 Å². The molecule has 0 saturated heterocycles. The van der Waals surface area contributed by atoms with Gasteiger partial charge in [0.1, 0.15) is 0 Å². The van der Waals surface area contributed by atoms with Crippen LogP contribution in [0.25, 0.3) is 100 Å². The molecular formula is C67H46N6O. The van der Waals surface area contributed by atoms with Crippen LogP contribution in [0, 0.1) is 0 Å². The lowest BCUT2D eigenvalue weighted by Gasteiger charge is -2.30. The molecule has 0 N–H and O–H groups in total. The van der Waals surface area contributed by atoms with E-state index in [1.807, 2.05) is 21.3 Å². The molecule has 350 valence electrons. The van der Waals surface area contributed by atoms with Gasteiger partial charge in [-0.25, -0.2) is 4.79 Å². The Labute approximate surface area is 425 Å². The molecule has 0 bridgehead atoms. The summed E-state index contributed by atoms with van der Waals surface area (Å²) in [5.41, 5.74) is 17.6. The highest BCUT2D eigenvalue weighted by atomic mass is 16.1. The maximum atomic E-state index is 16.3. The third-order valence-electron chi connectivity index (χ3n) is 16.1. The molecule has 74 heavy (non-hydrogen) atoms. The quantitative estimate of drug-likeness (QED) is 0.167. The molecule has 4 aromatic heterocycles. The highest BCUT2D eigenvalue weighted by Crippen LogP contribution is 2.49. The molecular weight excluding hydrogens is 905 g/mol. The summed E-state index contributed by atoms with van der Waals surface area (Å²) in [5.74, 6) is 0.198. The Bertz CT molecular complexity index is 4440. The number of nitrogens with zero attached hydrogens (tertiary/aromatic N) is 6. The number of anilines is 2. The highest BCUT2D eigenvalue weighted by molar-refractivity contribution is 6.11. The number of allylic oxidation sites excluding steroid dienone is 3. The van der Waals surface area contributed by atoms with Crippen molar-refractivity contribution in [1.29, 1.82) is 0 Å². The van der Waals surface area contributed by atoms with Gasteiger partial charge in [-0.1, -0.05) is 158 Å². The van der Waals surface area contributed by atoms with Crippen molar-refractivity contribution in [3.8, 4) is 28.4 Å². The Morgan fingerprint density at radius 1 is 0.378 bits per heavy atom. The molecule has 0 radical (unpaired) electrons. The molecule has 16 rings (SSSR count). The number of aromatic nitrogens is 5. The van der Waals surface area contributed by atoms with E-state index in [4.69, 9.17) is 0 Å². The van der Waals surface area contributed by atoms with Gasteiger partial charge in [-0.2, -0.15) is 0 Å². The third-order valence-corrected chi connectivity index (χ3v) is 16.1. The maximum Gasteiger partial charge on any atom is 0.338 e. The zero-order valence-electron chi connectivity index (χ0n) is 40.3. The first-order valence-electron chi connectivity index (χ1n) is 25.7. The van der Waals surface area contributed by atoms with Gasteiger partial charge in [0.05, 0.1) is 73.1 Å². The van der Waals surface area contributed by atoms with Gasteiger partial charge >= 0.3 is 5.69 Å². The highest BCUT2D eigenvalue weighted by Gasteiger charge is 2.38. The lowest BCUT2D eigenvalue weighted by molar-refractivity contribution is 0.744. The van der Waals surface area contributed by atoms with E-state index >= 15 is 4.79 Å². The van der Waals surface area contributed by atoms with E-state index in [-0.39, 0.29) is 17.6 Å². The number of imidazole rings is 1. The van der Waals surface area contributed by atoms with Gasteiger partial charge in [-0.3, -0.25) is 9.13 Å². The van der Waals surface area contributed by atoms with E-state index in [0.717, 1.165) is 85.6 Å². The first-order chi connectivity index (χ1) is 36.7. The summed E-state index contributed by atoms with van der Waals surface area (Å²) in [6.07, 6.45) is 15.5. The van der Waals surface area contributed by atoms with E-state index in [1.165, 1.54) is 49.4 Å². The van der Waals surface area contributed by atoms with Crippen molar-refractivity contribution >= 4 is 83.0 Å². The fourth-order valence-electron chi connectivity index (χ4n) is 13.0. The summed E-state index contributed by atoms with van der Waals surface area (Å²) < 4.78 is 11.1. The molecule has 2 unspecified atom stereocenters. The number of para-hydroxylation sites is 8. The molecule has 13 aromatic rings. The Balaban J connectivity index is 0.988. The van der Waals surface area contributed by atoms with Crippen LogP contribution >= 0.6 is 0 Å². The van der Waals surface area contributed by atoms with Gasteiger partial charge in [0.15, 0.2) is 0 Å². The van der Waals surface area contributed by atoms with Crippen LogP contribution in [0.4, 0.5) is 11.4 Å². The summed E-state index contributed by atoms with van der Waals surface area (Å²) in [7, 11) is 0. The average Bonchev–Trinajstić information content (AvgIpc) is 4.25. The Morgan fingerprint density at radius 3 is 1.32 bits per heavy atom. The van der Waals surface area contributed by atoms with Crippen LogP contribution in [0.3, 0.4) is 0 Å². The molecule has 2 aliphatic carbocycles. The zero-order chi connectivity index (χ0) is 48.6. The lowest BCUT2D eigenvalue weighted by atomic mass is 9.91. The number of benzene rings is 9. The van der Waals surface area contributed by atoms with Crippen molar-refractivity contribution in [2.75, 3.05) is 4.90 Å². The fraction of sp³-hybridized carbons (Fsp3) is 0.0597. The van der Waals surface area contributed by atoms with Crippen LogP contribution in [0.15, 0.2) is 241 Å². The second-order valence-electron chi connectivity index (χ2n) is 20.0. The van der Waals surface area contributed by atoms with E-state index in [2.05, 4.69) is 249 Å². The molecule has 7 heteroatoms. The topological polar surface area (TPSA) is 45.0 Å². The normalized spacial score (nSPS) is 15.9.